The van der Waals surface area contributed by atoms with E-state index in [2.05, 4.69) is 33.0 Å². The summed E-state index contributed by atoms with van der Waals surface area (Å²) in [4.78, 5) is 27.1. The monoisotopic (exact) mass is 472 g/mol. The van der Waals surface area contributed by atoms with E-state index in [1.165, 1.54) is 11.1 Å². The molecule has 0 atom stereocenters. The van der Waals surface area contributed by atoms with Crippen molar-refractivity contribution >= 4 is 23.3 Å². The highest BCUT2D eigenvalue weighted by atomic mass is 16.5. The summed E-state index contributed by atoms with van der Waals surface area (Å²) in [5.41, 5.74) is 4.32. The Morgan fingerprint density at radius 1 is 0.771 bits per heavy atom. The Morgan fingerprint density at radius 3 is 2.03 bits per heavy atom. The second kappa shape index (κ2) is 12.7. The van der Waals surface area contributed by atoms with Crippen molar-refractivity contribution in [1.29, 1.82) is 0 Å². The molecular weight excluding hydrogens is 440 g/mol. The molecule has 0 spiro atoms. The number of hydrogen-bond acceptors (Lipinski definition) is 4. The summed E-state index contributed by atoms with van der Waals surface area (Å²) in [6.45, 7) is 5.06. The molecule has 1 saturated heterocycles. The number of carbonyl (C=O) groups is 2. The molecule has 0 aliphatic carbocycles. The number of benzene rings is 3. The Bertz CT molecular complexity index is 1080. The van der Waals surface area contributed by atoms with E-state index in [1.807, 2.05) is 42.5 Å². The first kappa shape index (κ1) is 24.4. The zero-order valence-corrected chi connectivity index (χ0v) is 19.8. The van der Waals surface area contributed by atoms with E-state index in [0.717, 1.165) is 45.7 Å². The third-order valence-corrected chi connectivity index (χ3v) is 5.91. The van der Waals surface area contributed by atoms with Crippen molar-refractivity contribution in [2.75, 3.05) is 50.0 Å². The van der Waals surface area contributed by atoms with Crippen LogP contribution in [0.25, 0.3) is 0 Å². The Morgan fingerprint density at radius 2 is 1.37 bits per heavy atom. The summed E-state index contributed by atoms with van der Waals surface area (Å²) in [5.74, 6) is -0.112. The number of anilines is 2. The minimum atomic E-state index is -0.332. The Balaban J connectivity index is 1.18. The molecule has 7 heteroatoms. The molecule has 3 N–H and O–H groups in total. The number of carbonyl (C=O) groups excluding carboxylic acids is 2. The van der Waals surface area contributed by atoms with Gasteiger partial charge in [0.15, 0.2) is 0 Å². The van der Waals surface area contributed by atoms with Crippen molar-refractivity contribution < 1.29 is 14.3 Å². The van der Waals surface area contributed by atoms with E-state index in [-0.39, 0.29) is 11.9 Å². The largest absolute Gasteiger partial charge is 0.379 e. The van der Waals surface area contributed by atoms with Crippen LogP contribution in [-0.2, 0) is 11.2 Å². The maximum Gasteiger partial charge on any atom is 0.323 e. The van der Waals surface area contributed by atoms with Gasteiger partial charge in [-0.15, -0.1) is 0 Å². The Labute approximate surface area is 206 Å². The Hall–Kier alpha value is -3.68. The summed E-state index contributed by atoms with van der Waals surface area (Å²) < 4.78 is 5.35. The first-order valence-corrected chi connectivity index (χ1v) is 12.0. The molecule has 1 heterocycles. The van der Waals surface area contributed by atoms with E-state index in [9.17, 15) is 9.59 Å². The first-order chi connectivity index (χ1) is 17.2. The topological polar surface area (TPSA) is 82.7 Å². The van der Waals surface area contributed by atoms with E-state index < -0.39 is 0 Å². The highest BCUT2D eigenvalue weighted by Gasteiger charge is 2.10. The average molecular weight is 473 g/mol. The summed E-state index contributed by atoms with van der Waals surface area (Å²) in [6, 6.07) is 24.6. The van der Waals surface area contributed by atoms with Gasteiger partial charge in [-0.1, -0.05) is 42.5 Å². The van der Waals surface area contributed by atoms with Gasteiger partial charge in [0.1, 0.15) is 0 Å². The van der Waals surface area contributed by atoms with Gasteiger partial charge >= 0.3 is 6.03 Å². The van der Waals surface area contributed by atoms with Gasteiger partial charge in [-0.3, -0.25) is 9.69 Å². The smallest absolute Gasteiger partial charge is 0.323 e. The van der Waals surface area contributed by atoms with Crippen LogP contribution in [-0.4, -0.2) is 56.2 Å². The molecule has 1 fully saturated rings. The SMILES string of the molecule is O=C(Nc1ccc(Cc2ccccc2)cc1)Nc1ccc(C(=O)NCCCN2CCOCC2)cc1. The van der Waals surface area contributed by atoms with Crippen molar-refractivity contribution in [1.82, 2.24) is 10.2 Å². The predicted octanol–water partition coefficient (Wildman–Crippen LogP) is 4.37. The number of rotatable bonds is 9. The molecule has 35 heavy (non-hydrogen) atoms. The van der Waals surface area contributed by atoms with E-state index >= 15 is 0 Å². The zero-order chi connectivity index (χ0) is 24.3. The van der Waals surface area contributed by atoms with Gasteiger partial charge < -0.3 is 20.7 Å². The minimum Gasteiger partial charge on any atom is -0.379 e. The highest BCUT2D eigenvalue weighted by molar-refractivity contribution is 6.00. The number of amides is 3. The van der Waals surface area contributed by atoms with Crippen LogP contribution in [0.15, 0.2) is 78.9 Å². The fraction of sp³-hybridized carbons (Fsp3) is 0.286. The molecule has 182 valence electrons. The lowest BCUT2D eigenvalue weighted by Gasteiger charge is -2.26. The number of urea groups is 1. The minimum absolute atomic E-state index is 0.112. The molecule has 7 nitrogen and oxygen atoms in total. The third-order valence-electron chi connectivity index (χ3n) is 5.91. The fourth-order valence-corrected chi connectivity index (χ4v) is 3.97. The first-order valence-electron chi connectivity index (χ1n) is 12.0. The number of hydrogen-bond donors (Lipinski definition) is 3. The molecule has 1 aliphatic heterocycles. The molecule has 3 aromatic carbocycles. The van der Waals surface area contributed by atoms with Crippen LogP contribution in [0.5, 0.6) is 0 Å². The fourth-order valence-electron chi connectivity index (χ4n) is 3.97. The summed E-state index contributed by atoms with van der Waals surface area (Å²) in [7, 11) is 0. The van der Waals surface area contributed by atoms with E-state index in [4.69, 9.17) is 4.74 Å². The number of ether oxygens (including phenoxy) is 1. The summed E-state index contributed by atoms with van der Waals surface area (Å²) in [5, 5.41) is 8.60. The second-order valence-corrected chi connectivity index (χ2v) is 8.58. The van der Waals surface area contributed by atoms with Gasteiger partial charge in [-0.05, 0) is 66.9 Å². The summed E-state index contributed by atoms with van der Waals surface area (Å²) >= 11 is 0. The molecule has 0 aromatic heterocycles. The van der Waals surface area contributed by atoms with E-state index in [1.54, 1.807) is 24.3 Å². The molecule has 3 aromatic rings. The molecule has 0 bridgehead atoms. The number of nitrogens with zero attached hydrogens (tertiary/aromatic N) is 1. The van der Waals surface area contributed by atoms with Crippen LogP contribution in [0.2, 0.25) is 0 Å². The highest BCUT2D eigenvalue weighted by Crippen LogP contribution is 2.15. The van der Waals surface area contributed by atoms with Crippen molar-refractivity contribution in [3.05, 3.63) is 95.6 Å². The van der Waals surface area contributed by atoms with Gasteiger partial charge in [0, 0.05) is 36.6 Å². The Kier molecular flexibility index (Phi) is 8.86. The molecule has 0 saturated carbocycles. The number of morpholine rings is 1. The normalized spacial score (nSPS) is 13.7. The predicted molar refractivity (Wildman–Crippen MR) is 139 cm³/mol. The molecule has 1 aliphatic rings. The maximum absolute atomic E-state index is 12.4. The van der Waals surface area contributed by atoms with Crippen molar-refractivity contribution in [2.24, 2.45) is 0 Å². The molecule has 4 rings (SSSR count). The molecular formula is C28H32N4O3. The van der Waals surface area contributed by atoms with Gasteiger partial charge in [0.2, 0.25) is 0 Å². The van der Waals surface area contributed by atoms with Crippen LogP contribution < -0.4 is 16.0 Å². The number of nitrogens with one attached hydrogen (secondary N) is 3. The van der Waals surface area contributed by atoms with Crippen LogP contribution in [0.4, 0.5) is 16.2 Å². The average Bonchev–Trinajstić information content (AvgIpc) is 2.89. The van der Waals surface area contributed by atoms with Gasteiger partial charge in [0.05, 0.1) is 13.2 Å². The molecule has 0 radical (unpaired) electrons. The van der Waals surface area contributed by atoms with Gasteiger partial charge in [-0.25, -0.2) is 4.79 Å². The third kappa shape index (κ3) is 7.95. The van der Waals surface area contributed by atoms with Crippen molar-refractivity contribution in [3.63, 3.8) is 0 Å². The lowest BCUT2D eigenvalue weighted by atomic mass is 10.0. The van der Waals surface area contributed by atoms with Crippen molar-refractivity contribution in [3.8, 4) is 0 Å². The van der Waals surface area contributed by atoms with Crippen LogP contribution in [0.1, 0.15) is 27.9 Å². The second-order valence-electron chi connectivity index (χ2n) is 8.58. The lowest BCUT2D eigenvalue weighted by molar-refractivity contribution is 0.0374. The van der Waals surface area contributed by atoms with Crippen LogP contribution in [0.3, 0.4) is 0 Å². The lowest BCUT2D eigenvalue weighted by Crippen LogP contribution is -2.38. The van der Waals surface area contributed by atoms with Crippen LogP contribution in [0, 0.1) is 0 Å². The van der Waals surface area contributed by atoms with E-state index in [0.29, 0.717) is 23.5 Å². The summed E-state index contributed by atoms with van der Waals surface area (Å²) in [6.07, 6.45) is 1.75. The standard InChI is InChI=1S/C28H32N4O3/c33-27(29-15-4-16-32-17-19-35-20-18-32)24-9-13-26(14-10-24)31-28(34)30-25-11-7-23(8-12-25)21-22-5-2-1-3-6-22/h1-3,5-14H,4,15-21H2,(H,29,33)(H2,30,31,34). The maximum atomic E-state index is 12.4. The quantitative estimate of drug-likeness (QED) is 0.404. The van der Waals surface area contributed by atoms with Crippen LogP contribution >= 0.6 is 0 Å². The van der Waals surface area contributed by atoms with Gasteiger partial charge in [0.25, 0.3) is 5.91 Å². The molecule has 0 unspecified atom stereocenters. The van der Waals surface area contributed by atoms with Gasteiger partial charge in [-0.2, -0.15) is 0 Å². The van der Waals surface area contributed by atoms with Crippen molar-refractivity contribution in [2.45, 2.75) is 12.8 Å². The zero-order valence-electron chi connectivity index (χ0n) is 19.8. The molecule has 3 amide bonds.